The lowest BCUT2D eigenvalue weighted by molar-refractivity contribution is -0.137. The molecule has 0 saturated carbocycles. The van der Waals surface area contributed by atoms with Crippen molar-refractivity contribution in [3.05, 3.63) is 29.3 Å². The highest BCUT2D eigenvalue weighted by Gasteiger charge is 2.11. The molecule has 4 nitrogen and oxygen atoms in total. The van der Waals surface area contributed by atoms with Crippen molar-refractivity contribution in [3.63, 3.8) is 0 Å². The maximum absolute atomic E-state index is 11.1. The van der Waals surface area contributed by atoms with Gasteiger partial charge in [-0.2, -0.15) is 5.26 Å². The number of rotatable bonds is 5. The van der Waals surface area contributed by atoms with Crippen LogP contribution in [0, 0.1) is 11.3 Å². The van der Waals surface area contributed by atoms with Gasteiger partial charge in [0.1, 0.15) is 6.07 Å². The Morgan fingerprint density at radius 1 is 1.45 bits per heavy atom. The molecule has 0 radical (unpaired) electrons. The normalized spacial score (nSPS) is 10.9. The fraction of sp³-hybridized carbons (Fsp3) is 0.467. The van der Waals surface area contributed by atoms with Gasteiger partial charge in [-0.1, -0.05) is 6.07 Å². The largest absolute Gasteiger partial charge is 0.468 e. The van der Waals surface area contributed by atoms with Gasteiger partial charge in [0.25, 0.3) is 0 Å². The molecule has 0 fully saturated rings. The third kappa shape index (κ3) is 5.64. The van der Waals surface area contributed by atoms with Crippen LogP contribution in [-0.4, -0.2) is 24.4 Å². The summed E-state index contributed by atoms with van der Waals surface area (Å²) in [5, 5.41) is 12.6. The summed E-state index contributed by atoms with van der Waals surface area (Å²) in [6, 6.07) is 7.89. The SMILES string of the molecule is COC(=O)CSc1ccc(CNC(C)(C)C)cc1C#N. The maximum Gasteiger partial charge on any atom is 0.315 e. The summed E-state index contributed by atoms with van der Waals surface area (Å²) < 4.78 is 4.59. The fourth-order valence-electron chi connectivity index (χ4n) is 1.46. The average Bonchev–Trinajstić information content (AvgIpc) is 2.41. The van der Waals surface area contributed by atoms with Gasteiger partial charge in [-0.3, -0.25) is 4.79 Å². The van der Waals surface area contributed by atoms with Crippen LogP contribution in [0.5, 0.6) is 0 Å². The van der Waals surface area contributed by atoms with Crippen molar-refractivity contribution in [1.82, 2.24) is 5.32 Å². The van der Waals surface area contributed by atoms with Crippen molar-refractivity contribution < 1.29 is 9.53 Å². The van der Waals surface area contributed by atoms with E-state index in [4.69, 9.17) is 0 Å². The van der Waals surface area contributed by atoms with Crippen LogP contribution in [0.2, 0.25) is 0 Å². The van der Waals surface area contributed by atoms with Crippen molar-refractivity contribution >= 4 is 17.7 Å². The first-order valence-corrected chi connectivity index (χ1v) is 7.32. The van der Waals surface area contributed by atoms with E-state index in [-0.39, 0.29) is 17.3 Å². The smallest absolute Gasteiger partial charge is 0.315 e. The fourth-order valence-corrected chi connectivity index (χ4v) is 2.28. The molecule has 1 N–H and O–H groups in total. The molecule has 20 heavy (non-hydrogen) atoms. The Hall–Kier alpha value is -1.51. The van der Waals surface area contributed by atoms with Crippen molar-refractivity contribution in [2.75, 3.05) is 12.9 Å². The summed E-state index contributed by atoms with van der Waals surface area (Å²) in [6.07, 6.45) is 0. The number of ether oxygens (including phenoxy) is 1. The number of methoxy groups -OCH3 is 1. The lowest BCUT2D eigenvalue weighted by Gasteiger charge is -2.20. The zero-order valence-electron chi connectivity index (χ0n) is 12.3. The molecule has 1 aromatic carbocycles. The van der Waals surface area contributed by atoms with E-state index < -0.39 is 0 Å². The molecule has 0 heterocycles. The minimum Gasteiger partial charge on any atom is -0.468 e. The van der Waals surface area contributed by atoms with E-state index in [9.17, 15) is 10.1 Å². The van der Waals surface area contributed by atoms with E-state index >= 15 is 0 Å². The molecular weight excluding hydrogens is 272 g/mol. The summed E-state index contributed by atoms with van der Waals surface area (Å²) in [7, 11) is 1.36. The van der Waals surface area contributed by atoms with Crippen LogP contribution in [0.3, 0.4) is 0 Å². The molecule has 0 spiro atoms. The topological polar surface area (TPSA) is 62.1 Å². The second-order valence-electron chi connectivity index (χ2n) is 5.41. The minimum absolute atomic E-state index is 0.0328. The number of nitrogens with zero attached hydrogens (tertiary/aromatic N) is 1. The van der Waals surface area contributed by atoms with E-state index in [1.54, 1.807) is 0 Å². The van der Waals surface area contributed by atoms with Gasteiger partial charge < -0.3 is 10.1 Å². The van der Waals surface area contributed by atoms with E-state index in [0.29, 0.717) is 12.1 Å². The summed E-state index contributed by atoms with van der Waals surface area (Å²) in [6.45, 7) is 7.00. The average molecular weight is 292 g/mol. The number of hydrogen-bond acceptors (Lipinski definition) is 5. The van der Waals surface area contributed by atoms with Crippen LogP contribution in [0.25, 0.3) is 0 Å². The van der Waals surface area contributed by atoms with Gasteiger partial charge in [-0.25, -0.2) is 0 Å². The number of carbonyl (C=O) groups excluding carboxylic acids is 1. The molecule has 0 atom stereocenters. The van der Waals surface area contributed by atoms with Crippen LogP contribution in [0.4, 0.5) is 0 Å². The second-order valence-corrected chi connectivity index (χ2v) is 6.43. The third-order valence-corrected chi connectivity index (χ3v) is 3.61. The first-order chi connectivity index (χ1) is 9.35. The van der Waals surface area contributed by atoms with E-state index in [1.807, 2.05) is 18.2 Å². The van der Waals surface area contributed by atoms with Gasteiger partial charge >= 0.3 is 5.97 Å². The number of carbonyl (C=O) groups is 1. The van der Waals surface area contributed by atoms with E-state index in [0.717, 1.165) is 10.5 Å². The number of benzene rings is 1. The molecule has 0 aromatic heterocycles. The van der Waals surface area contributed by atoms with Gasteiger partial charge in [-0.15, -0.1) is 11.8 Å². The molecule has 0 bridgehead atoms. The van der Waals surface area contributed by atoms with Gasteiger partial charge in [0, 0.05) is 17.0 Å². The Balaban J connectivity index is 2.75. The van der Waals surface area contributed by atoms with Crippen molar-refractivity contribution in [3.8, 4) is 6.07 Å². The van der Waals surface area contributed by atoms with Crippen LogP contribution >= 0.6 is 11.8 Å². The summed E-state index contributed by atoms with van der Waals surface area (Å²) in [5.41, 5.74) is 1.68. The van der Waals surface area contributed by atoms with Gasteiger partial charge in [0.2, 0.25) is 0 Å². The van der Waals surface area contributed by atoms with Crippen LogP contribution in [0.15, 0.2) is 23.1 Å². The Labute approximate surface area is 124 Å². The lowest BCUT2D eigenvalue weighted by Crippen LogP contribution is -2.35. The van der Waals surface area contributed by atoms with E-state index in [1.165, 1.54) is 18.9 Å². The monoisotopic (exact) mass is 292 g/mol. The molecule has 1 aromatic rings. The highest BCUT2D eigenvalue weighted by molar-refractivity contribution is 8.00. The van der Waals surface area contributed by atoms with Crippen molar-refractivity contribution in [2.45, 2.75) is 37.8 Å². The van der Waals surface area contributed by atoms with Gasteiger partial charge in [0.15, 0.2) is 0 Å². The maximum atomic E-state index is 11.1. The molecule has 0 unspecified atom stereocenters. The number of nitriles is 1. The summed E-state index contributed by atoms with van der Waals surface area (Å²) in [4.78, 5) is 11.9. The summed E-state index contributed by atoms with van der Waals surface area (Å²) in [5.74, 6) is -0.0810. The minimum atomic E-state index is -0.294. The molecule has 0 amide bonds. The zero-order chi connectivity index (χ0) is 15.2. The van der Waals surface area contributed by atoms with Crippen LogP contribution < -0.4 is 5.32 Å². The Bertz CT molecular complexity index is 516. The molecule has 108 valence electrons. The first-order valence-electron chi connectivity index (χ1n) is 6.33. The number of nitrogens with one attached hydrogen (secondary N) is 1. The lowest BCUT2D eigenvalue weighted by atomic mass is 10.1. The number of hydrogen-bond donors (Lipinski definition) is 1. The third-order valence-electron chi connectivity index (χ3n) is 2.56. The molecular formula is C15H20N2O2S. The molecule has 0 saturated heterocycles. The molecule has 0 aliphatic heterocycles. The highest BCUT2D eigenvalue weighted by Crippen LogP contribution is 2.23. The number of thioether (sulfide) groups is 1. The predicted octanol–water partition coefficient (Wildman–Crippen LogP) is 2.71. The Morgan fingerprint density at radius 2 is 2.15 bits per heavy atom. The Morgan fingerprint density at radius 3 is 2.70 bits per heavy atom. The highest BCUT2D eigenvalue weighted by atomic mass is 32.2. The van der Waals surface area contributed by atoms with Crippen molar-refractivity contribution in [1.29, 1.82) is 5.26 Å². The standard InChI is InChI=1S/C15H20N2O2S/c1-15(2,3)17-9-11-5-6-13(12(7-11)8-16)20-10-14(18)19-4/h5-7,17H,9-10H2,1-4H3. The first kappa shape index (κ1) is 16.5. The quantitative estimate of drug-likeness (QED) is 0.668. The van der Waals surface area contributed by atoms with Gasteiger partial charge in [-0.05, 0) is 38.5 Å². The molecule has 1 rings (SSSR count). The predicted molar refractivity (Wildman–Crippen MR) is 80.5 cm³/mol. The molecule has 5 heteroatoms. The molecule has 0 aliphatic carbocycles. The van der Waals surface area contributed by atoms with Crippen LogP contribution in [-0.2, 0) is 16.1 Å². The number of esters is 1. The van der Waals surface area contributed by atoms with E-state index in [2.05, 4.69) is 36.9 Å². The van der Waals surface area contributed by atoms with Gasteiger partial charge in [0.05, 0.1) is 18.4 Å². The van der Waals surface area contributed by atoms with Crippen molar-refractivity contribution in [2.24, 2.45) is 0 Å². The Kier molecular flexibility index (Phi) is 6.05. The zero-order valence-corrected chi connectivity index (χ0v) is 13.1. The second kappa shape index (κ2) is 7.32. The van der Waals surface area contributed by atoms with Crippen LogP contribution in [0.1, 0.15) is 31.9 Å². The molecule has 0 aliphatic rings. The summed E-state index contributed by atoms with van der Waals surface area (Å²) >= 11 is 1.32.